The Hall–Kier alpha value is -3.16. The van der Waals surface area contributed by atoms with Crippen molar-refractivity contribution < 1.29 is 34.1 Å². The molecule has 0 unspecified atom stereocenters. The molecule has 1 aromatic heterocycles. The minimum atomic E-state index is -1.72. The van der Waals surface area contributed by atoms with Crippen molar-refractivity contribution in [2.75, 3.05) is 0 Å². The van der Waals surface area contributed by atoms with Crippen LogP contribution in [0.25, 0.3) is 10.9 Å². The lowest BCUT2D eigenvalue weighted by Gasteiger charge is -2.19. The Morgan fingerprint density at radius 1 is 1.16 bits per heavy atom. The van der Waals surface area contributed by atoms with Crippen LogP contribution in [0.2, 0.25) is 0 Å². The van der Waals surface area contributed by atoms with Gasteiger partial charge in [-0.05, 0) is 39.0 Å². The molecule has 0 spiro atoms. The number of carboxylic acid groups (broad SMARTS) is 1. The normalized spacial score (nSPS) is 11.3. The largest absolute Gasteiger partial charge is 0.508 e. The maximum absolute atomic E-state index is 12.3. The van der Waals surface area contributed by atoms with Gasteiger partial charge in [-0.2, -0.15) is 0 Å². The Morgan fingerprint density at radius 3 is 2.36 bits per heavy atom. The average Bonchev–Trinajstić information content (AvgIpc) is 2.83. The van der Waals surface area contributed by atoms with E-state index in [2.05, 4.69) is 0 Å². The van der Waals surface area contributed by atoms with Gasteiger partial charge in [0.15, 0.2) is 5.78 Å². The van der Waals surface area contributed by atoms with E-state index in [1.165, 1.54) is 24.4 Å². The number of carbonyl (C=O) groups excluding carboxylic acids is 3. The standard InChI is InChI=1S/C17H17NO7/c1-17(2,3)25-16(24)18-8-11(13(20)7-14(21)15(22)23)10-6-9(19)4-5-12(10)18/h4-6,8,19H,7H2,1-3H3,(H,22,23). The topological polar surface area (TPSA) is 123 Å². The van der Waals surface area contributed by atoms with Crippen LogP contribution in [-0.2, 0) is 14.3 Å². The zero-order valence-electron chi connectivity index (χ0n) is 13.9. The number of hydrogen-bond acceptors (Lipinski definition) is 6. The van der Waals surface area contributed by atoms with E-state index in [0.29, 0.717) is 0 Å². The summed E-state index contributed by atoms with van der Waals surface area (Å²) in [7, 11) is 0. The number of hydrogen-bond donors (Lipinski definition) is 2. The molecule has 8 nitrogen and oxygen atoms in total. The van der Waals surface area contributed by atoms with Crippen molar-refractivity contribution >= 4 is 34.5 Å². The predicted molar refractivity (Wildman–Crippen MR) is 86.8 cm³/mol. The van der Waals surface area contributed by atoms with Crippen LogP contribution in [0.5, 0.6) is 5.75 Å². The molecule has 0 aliphatic rings. The van der Waals surface area contributed by atoms with Gasteiger partial charge in [0.05, 0.1) is 11.9 Å². The summed E-state index contributed by atoms with van der Waals surface area (Å²) < 4.78 is 6.35. The van der Waals surface area contributed by atoms with Crippen molar-refractivity contribution in [2.24, 2.45) is 0 Å². The minimum Gasteiger partial charge on any atom is -0.508 e. The van der Waals surface area contributed by atoms with Gasteiger partial charge in [-0.15, -0.1) is 0 Å². The second kappa shape index (κ2) is 6.39. The minimum absolute atomic E-state index is 0.0497. The molecule has 0 fully saturated rings. The fraction of sp³-hybridized carbons (Fsp3) is 0.294. The van der Waals surface area contributed by atoms with Crippen molar-refractivity contribution in [3.05, 3.63) is 30.0 Å². The van der Waals surface area contributed by atoms with E-state index in [4.69, 9.17) is 9.84 Å². The molecule has 0 atom stereocenters. The van der Waals surface area contributed by atoms with Crippen molar-refractivity contribution in [1.82, 2.24) is 4.57 Å². The summed E-state index contributed by atoms with van der Waals surface area (Å²) >= 11 is 0. The van der Waals surface area contributed by atoms with Crippen LogP contribution < -0.4 is 0 Å². The fourth-order valence-electron chi connectivity index (χ4n) is 2.22. The molecular formula is C17H17NO7. The van der Waals surface area contributed by atoms with Gasteiger partial charge in [-0.3, -0.25) is 14.2 Å². The Morgan fingerprint density at radius 2 is 1.80 bits per heavy atom. The summed E-state index contributed by atoms with van der Waals surface area (Å²) in [6.07, 6.45) is -0.416. The Kier molecular flexibility index (Phi) is 4.64. The number of ketones is 2. The van der Waals surface area contributed by atoms with Crippen LogP contribution in [-0.4, -0.2) is 44.0 Å². The van der Waals surface area contributed by atoms with Crippen LogP contribution >= 0.6 is 0 Å². The lowest BCUT2D eigenvalue weighted by molar-refractivity contribution is -0.148. The number of phenols is 1. The first kappa shape index (κ1) is 18.2. The predicted octanol–water partition coefficient (Wildman–Crippen LogP) is 2.36. The molecule has 0 amide bonds. The van der Waals surface area contributed by atoms with E-state index in [1.807, 2.05) is 0 Å². The number of aromatic nitrogens is 1. The molecule has 2 N–H and O–H groups in total. The van der Waals surface area contributed by atoms with Gasteiger partial charge in [0.25, 0.3) is 0 Å². The van der Waals surface area contributed by atoms with Gasteiger partial charge < -0.3 is 14.9 Å². The molecule has 0 aliphatic carbocycles. The molecule has 0 aliphatic heterocycles. The molecule has 1 heterocycles. The second-order valence-corrected chi connectivity index (χ2v) is 6.42. The van der Waals surface area contributed by atoms with Crippen LogP contribution in [0.15, 0.2) is 24.4 Å². The number of carbonyl (C=O) groups is 4. The Balaban J connectivity index is 2.52. The first-order valence-corrected chi connectivity index (χ1v) is 7.36. The van der Waals surface area contributed by atoms with E-state index in [0.717, 1.165) is 4.57 Å². The SMILES string of the molecule is CC(C)(C)OC(=O)n1cc(C(=O)CC(=O)C(=O)O)c2cc(O)ccc21. The maximum atomic E-state index is 12.3. The number of fused-ring (bicyclic) bond motifs is 1. The van der Waals surface area contributed by atoms with Gasteiger partial charge >= 0.3 is 12.1 Å². The molecule has 0 radical (unpaired) electrons. The lowest BCUT2D eigenvalue weighted by Crippen LogP contribution is -2.26. The first-order valence-electron chi connectivity index (χ1n) is 7.36. The van der Waals surface area contributed by atoms with Crippen LogP contribution in [0.3, 0.4) is 0 Å². The van der Waals surface area contributed by atoms with Crippen LogP contribution in [0.1, 0.15) is 37.6 Å². The zero-order valence-corrected chi connectivity index (χ0v) is 13.9. The number of aromatic hydroxyl groups is 1. The molecule has 0 saturated carbocycles. The molecular weight excluding hydrogens is 330 g/mol. The highest BCUT2D eigenvalue weighted by molar-refractivity contribution is 6.38. The summed E-state index contributed by atoms with van der Waals surface area (Å²) in [4.78, 5) is 46.5. The van der Waals surface area contributed by atoms with Crippen molar-refractivity contribution in [2.45, 2.75) is 32.8 Å². The number of carboxylic acids is 1. The van der Waals surface area contributed by atoms with Gasteiger partial charge in [-0.25, -0.2) is 9.59 Å². The number of ether oxygens (including phenoxy) is 1. The number of Topliss-reactive ketones (excluding diaryl/α,β-unsaturated/α-hetero) is 2. The molecule has 0 saturated heterocycles. The van der Waals surface area contributed by atoms with Gasteiger partial charge in [-0.1, -0.05) is 0 Å². The maximum Gasteiger partial charge on any atom is 0.419 e. The number of nitrogens with zero attached hydrogens (tertiary/aromatic N) is 1. The third-order valence-corrected chi connectivity index (χ3v) is 3.24. The van der Waals surface area contributed by atoms with E-state index in [1.54, 1.807) is 20.8 Å². The number of aliphatic carboxylic acids is 1. The average molecular weight is 347 g/mol. The van der Waals surface area contributed by atoms with E-state index in [-0.39, 0.29) is 22.2 Å². The van der Waals surface area contributed by atoms with E-state index in [9.17, 15) is 24.3 Å². The molecule has 8 heteroatoms. The summed E-state index contributed by atoms with van der Waals surface area (Å²) in [6, 6.07) is 4.01. The molecule has 2 rings (SSSR count). The highest BCUT2D eigenvalue weighted by atomic mass is 16.6. The third kappa shape index (κ3) is 4.03. The monoisotopic (exact) mass is 347 g/mol. The second-order valence-electron chi connectivity index (χ2n) is 6.42. The van der Waals surface area contributed by atoms with Crippen molar-refractivity contribution in [3.63, 3.8) is 0 Å². The Bertz CT molecular complexity index is 886. The van der Waals surface area contributed by atoms with Gasteiger partial charge in [0.1, 0.15) is 11.4 Å². The molecule has 132 valence electrons. The summed E-state index contributed by atoms with van der Waals surface area (Å²) in [5.74, 6) is -3.89. The molecule has 0 bridgehead atoms. The first-order chi connectivity index (χ1) is 11.5. The quantitative estimate of drug-likeness (QED) is 0.494. The fourth-order valence-corrected chi connectivity index (χ4v) is 2.22. The third-order valence-electron chi connectivity index (χ3n) is 3.24. The van der Waals surface area contributed by atoms with E-state index >= 15 is 0 Å². The molecule has 1 aromatic carbocycles. The summed E-state index contributed by atoms with van der Waals surface area (Å²) in [6.45, 7) is 5.04. The summed E-state index contributed by atoms with van der Waals surface area (Å²) in [5.41, 5.74) is -0.529. The summed E-state index contributed by atoms with van der Waals surface area (Å²) in [5, 5.41) is 18.5. The van der Waals surface area contributed by atoms with Gasteiger partial charge in [0.2, 0.25) is 5.78 Å². The van der Waals surface area contributed by atoms with Crippen LogP contribution in [0.4, 0.5) is 4.79 Å². The highest BCUT2D eigenvalue weighted by Crippen LogP contribution is 2.27. The van der Waals surface area contributed by atoms with Gasteiger partial charge in [0, 0.05) is 17.1 Å². The number of phenolic OH excluding ortho intramolecular Hbond substituents is 1. The lowest BCUT2D eigenvalue weighted by atomic mass is 10.0. The highest BCUT2D eigenvalue weighted by Gasteiger charge is 2.25. The molecule has 2 aromatic rings. The van der Waals surface area contributed by atoms with Crippen molar-refractivity contribution in [1.29, 1.82) is 0 Å². The van der Waals surface area contributed by atoms with E-state index < -0.39 is 35.7 Å². The number of benzene rings is 1. The zero-order chi connectivity index (χ0) is 18.9. The molecule has 25 heavy (non-hydrogen) atoms. The Labute approximate surface area is 142 Å². The number of rotatable bonds is 4. The van der Waals surface area contributed by atoms with Crippen LogP contribution in [0, 0.1) is 0 Å². The van der Waals surface area contributed by atoms with Crippen molar-refractivity contribution in [3.8, 4) is 5.75 Å². The smallest absolute Gasteiger partial charge is 0.419 e.